The lowest BCUT2D eigenvalue weighted by atomic mass is 10.2. The van der Waals surface area contributed by atoms with Crippen molar-refractivity contribution in [3.8, 4) is 11.4 Å². The molecule has 0 saturated carbocycles. The number of nitrogens with one attached hydrogen (secondary N) is 1. The molecule has 0 spiro atoms. The summed E-state index contributed by atoms with van der Waals surface area (Å²) < 4.78 is 47.0. The van der Waals surface area contributed by atoms with Crippen LogP contribution in [-0.4, -0.2) is 27.5 Å². The molecular weight excluding hydrogens is 441 g/mol. The van der Waals surface area contributed by atoms with Gasteiger partial charge in [-0.25, -0.2) is 4.98 Å². The zero-order chi connectivity index (χ0) is 23.8. The molecule has 1 N–H and O–H groups in total. The van der Waals surface area contributed by atoms with Gasteiger partial charge in [-0.1, -0.05) is 0 Å². The minimum absolute atomic E-state index is 0.122. The smallest absolute Gasteiger partial charge is 0.450 e. The van der Waals surface area contributed by atoms with Crippen molar-refractivity contribution in [1.29, 1.82) is 0 Å². The molecule has 168 valence electrons. The number of methoxy groups -OCH3 is 1. The van der Waals surface area contributed by atoms with Gasteiger partial charge < -0.3 is 10.1 Å². The minimum Gasteiger partial charge on any atom is -0.497 e. The summed E-state index contributed by atoms with van der Waals surface area (Å²) in [6, 6.07) is 15.2. The van der Waals surface area contributed by atoms with Crippen LogP contribution in [0.2, 0.25) is 0 Å². The van der Waals surface area contributed by atoms with Crippen LogP contribution in [-0.2, 0) is 6.18 Å². The van der Waals surface area contributed by atoms with Crippen molar-refractivity contribution in [3.63, 3.8) is 0 Å². The number of nitrogens with zero attached hydrogens (tertiary/aromatic N) is 3. The first kappa shape index (κ1) is 21.8. The van der Waals surface area contributed by atoms with Gasteiger partial charge in [0.15, 0.2) is 0 Å². The second-order valence-corrected chi connectivity index (χ2v) is 6.93. The highest BCUT2D eigenvalue weighted by Crippen LogP contribution is 2.35. The monoisotopic (exact) mass is 456 g/mol. The SMILES string of the molecule is COc1ccc2c(c1)nc(C(F)(F)F)n2-c1ccc(NC(=O)c2ccc([N+](=O)[O-])cc2)cc1. The Kier molecular flexibility index (Phi) is 5.46. The molecule has 4 rings (SSSR count). The number of carbonyl (C=O) groups excluding carboxylic acids is 1. The summed E-state index contributed by atoms with van der Waals surface area (Å²) >= 11 is 0. The Hall–Kier alpha value is -4.41. The summed E-state index contributed by atoms with van der Waals surface area (Å²) in [6.07, 6.45) is -4.70. The molecule has 3 aromatic carbocycles. The van der Waals surface area contributed by atoms with Gasteiger partial charge in [-0.3, -0.25) is 19.5 Å². The highest BCUT2D eigenvalue weighted by molar-refractivity contribution is 6.04. The molecular formula is C22H15F3N4O4. The van der Waals surface area contributed by atoms with E-state index >= 15 is 0 Å². The number of hydrogen-bond acceptors (Lipinski definition) is 5. The van der Waals surface area contributed by atoms with Gasteiger partial charge in [0.05, 0.1) is 23.1 Å². The maximum Gasteiger partial charge on any atom is 0.450 e. The number of hydrogen-bond donors (Lipinski definition) is 1. The van der Waals surface area contributed by atoms with Crippen molar-refractivity contribution < 1.29 is 27.6 Å². The number of amides is 1. The Balaban J connectivity index is 1.64. The Morgan fingerprint density at radius 3 is 2.30 bits per heavy atom. The second kappa shape index (κ2) is 8.26. The summed E-state index contributed by atoms with van der Waals surface area (Å²) in [6.45, 7) is 0. The first-order valence-electron chi connectivity index (χ1n) is 9.47. The largest absolute Gasteiger partial charge is 0.497 e. The van der Waals surface area contributed by atoms with Crippen molar-refractivity contribution in [3.05, 3.63) is 88.2 Å². The molecule has 0 fully saturated rings. The third-order valence-electron chi connectivity index (χ3n) is 4.84. The highest BCUT2D eigenvalue weighted by Gasteiger charge is 2.38. The fourth-order valence-electron chi connectivity index (χ4n) is 3.27. The van der Waals surface area contributed by atoms with Gasteiger partial charge >= 0.3 is 6.18 Å². The molecule has 0 unspecified atom stereocenters. The number of carbonyl (C=O) groups is 1. The molecule has 0 saturated heterocycles. The fourth-order valence-corrected chi connectivity index (χ4v) is 3.27. The lowest BCUT2D eigenvalue weighted by molar-refractivity contribution is -0.384. The first-order valence-corrected chi connectivity index (χ1v) is 9.47. The number of benzene rings is 3. The van der Waals surface area contributed by atoms with Crippen LogP contribution in [0.3, 0.4) is 0 Å². The molecule has 33 heavy (non-hydrogen) atoms. The number of anilines is 1. The van der Waals surface area contributed by atoms with Crippen LogP contribution in [0.4, 0.5) is 24.5 Å². The summed E-state index contributed by atoms with van der Waals surface area (Å²) in [5, 5.41) is 13.3. The number of non-ortho nitro benzene ring substituents is 1. The van der Waals surface area contributed by atoms with Crippen LogP contribution in [0, 0.1) is 10.1 Å². The van der Waals surface area contributed by atoms with E-state index in [0.29, 0.717) is 11.4 Å². The third kappa shape index (κ3) is 4.33. The Labute approximate surface area is 184 Å². The van der Waals surface area contributed by atoms with Gasteiger partial charge in [0, 0.05) is 35.1 Å². The van der Waals surface area contributed by atoms with E-state index in [2.05, 4.69) is 10.3 Å². The lowest BCUT2D eigenvalue weighted by Crippen LogP contribution is -2.14. The molecule has 0 aliphatic rings. The summed E-state index contributed by atoms with van der Waals surface area (Å²) in [5.41, 5.74) is 0.938. The van der Waals surface area contributed by atoms with E-state index in [-0.39, 0.29) is 28.0 Å². The number of fused-ring (bicyclic) bond motifs is 1. The van der Waals surface area contributed by atoms with Gasteiger partial charge in [-0.2, -0.15) is 13.2 Å². The molecule has 4 aromatic rings. The number of imidazole rings is 1. The topological polar surface area (TPSA) is 99.3 Å². The van der Waals surface area contributed by atoms with Gasteiger partial charge in [0.25, 0.3) is 11.6 Å². The fraction of sp³-hybridized carbons (Fsp3) is 0.0909. The zero-order valence-electron chi connectivity index (χ0n) is 17.0. The van der Waals surface area contributed by atoms with Crippen LogP contribution < -0.4 is 10.1 Å². The Morgan fingerprint density at radius 1 is 1.06 bits per heavy atom. The van der Waals surface area contributed by atoms with E-state index in [4.69, 9.17) is 4.74 Å². The number of nitro benzene ring substituents is 1. The lowest BCUT2D eigenvalue weighted by Gasteiger charge is -2.12. The number of ether oxygens (including phenoxy) is 1. The van der Waals surface area contributed by atoms with Crippen molar-refractivity contribution in [1.82, 2.24) is 9.55 Å². The van der Waals surface area contributed by atoms with Crippen molar-refractivity contribution in [2.45, 2.75) is 6.18 Å². The van der Waals surface area contributed by atoms with Gasteiger partial charge in [-0.05, 0) is 48.5 Å². The molecule has 0 aliphatic carbocycles. The highest BCUT2D eigenvalue weighted by atomic mass is 19.4. The van der Waals surface area contributed by atoms with E-state index in [1.807, 2.05) is 0 Å². The molecule has 0 atom stereocenters. The Bertz CT molecular complexity index is 1350. The number of aromatic nitrogens is 2. The molecule has 11 heteroatoms. The standard InChI is InChI=1S/C22H15F3N4O4/c1-33-17-10-11-19-18(12-17)27-21(22(23,24)25)28(19)15-8-4-14(5-9-15)26-20(30)13-2-6-16(7-3-13)29(31)32/h2-12H,1H3,(H,26,30). The summed E-state index contributed by atoms with van der Waals surface area (Å²) in [5.74, 6) is -1.23. The van der Waals surface area contributed by atoms with Crippen LogP contribution in [0.15, 0.2) is 66.7 Å². The number of nitro groups is 1. The maximum absolute atomic E-state index is 13.7. The van der Waals surface area contributed by atoms with E-state index in [1.165, 1.54) is 67.8 Å². The number of rotatable bonds is 5. The molecule has 1 aromatic heterocycles. The zero-order valence-corrected chi connectivity index (χ0v) is 17.0. The maximum atomic E-state index is 13.7. The summed E-state index contributed by atoms with van der Waals surface area (Å²) in [7, 11) is 1.41. The minimum atomic E-state index is -4.70. The van der Waals surface area contributed by atoms with Gasteiger partial charge in [-0.15, -0.1) is 0 Å². The van der Waals surface area contributed by atoms with Crippen LogP contribution in [0.1, 0.15) is 16.2 Å². The second-order valence-electron chi connectivity index (χ2n) is 6.93. The van der Waals surface area contributed by atoms with E-state index in [1.54, 1.807) is 6.07 Å². The number of alkyl halides is 3. The quantitative estimate of drug-likeness (QED) is 0.328. The molecule has 0 radical (unpaired) electrons. The van der Waals surface area contributed by atoms with Crippen LogP contribution in [0.25, 0.3) is 16.7 Å². The van der Waals surface area contributed by atoms with Gasteiger partial charge in [0.1, 0.15) is 5.75 Å². The van der Waals surface area contributed by atoms with Crippen LogP contribution >= 0.6 is 0 Å². The number of halogens is 3. The normalized spacial score (nSPS) is 11.4. The Morgan fingerprint density at radius 2 is 1.73 bits per heavy atom. The summed E-state index contributed by atoms with van der Waals surface area (Å²) in [4.78, 5) is 26.3. The third-order valence-corrected chi connectivity index (χ3v) is 4.84. The first-order chi connectivity index (χ1) is 15.7. The molecule has 1 amide bonds. The van der Waals surface area contributed by atoms with E-state index < -0.39 is 22.8 Å². The van der Waals surface area contributed by atoms with Crippen molar-refractivity contribution >= 4 is 28.3 Å². The average molecular weight is 456 g/mol. The average Bonchev–Trinajstić information content (AvgIpc) is 3.19. The van der Waals surface area contributed by atoms with E-state index in [9.17, 15) is 28.1 Å². The van der Waals surface area contributed by atoms with E-state index in [0.717, 1.165) is 4.57 Å². The van der Waals surface area contributed by atoms with Gasteiger partial charge in [0.2, 0.25) is 5.82 Å². The van der Waals surface area contributed by atoms with Crippen molar-refractivity contribution in [2.75, 3.05) is 12.4 Å². The molecule has 0 aliphatic heterocycles. The molecule has 8 nitrogen and oxygen atoms in total. The van der Waals surface area contributed by atoms with Crippen molar-refractivity contribution in [2.24, 2.45) is 0 Å². The molecule has 1 heterocycles. The molecule has 0 bridgehead atoms. The predicted molar refractivity (Wildman–Crippen MR) is 114 cm³/mol. The van der Waals surface area contributed by atoms with Crippen LogP contribution in [0.5, 0.6) is 5.75 Å². The predicted octanol–water partition coefficient (Wildman–Crippen LogP) is 5.21.